The van der Waals surface area contributed by atoms with E-state index >= 15 is 0 Å². The van der Waals surface area contributed by atoms with Gasteiger partial charge in [0, 0.05) is 31.3 Å². The van der Waals surface area contributed by atoms with E-state index in [9.17, 15) is 19.2 Å². The lowest BCUT2D eigenvalue weighted by Gasteiger charge is -2.29. The van der Waals surface area contributed by atoms with Crippen LogP contribution in [0.15, 0.2) is 18.2 Å². The SMILES string of the molecule is CNC(=O)CNc1ccc2c(c1)C(=O)N(C1CCC(=O)NC1=O)C2. The van der Waals surface area contributed by atoms with E-state index in [1.165, 1.54) is 4.90 Å². The molecule has 3 N–H and O–H groups in total. The van der Waals surface area contributed by atoms with Gasteiger partial charge in [0.05, 0.1) is 6.54 Å². The summed E-state index contributed by atoms with van der Waals surface area (Å²) in [6.45, 7) is 0.455. The Hall–Kier alpha value is -2.90. The number of carbonyl (C=O) groups excluding carboxylic acids is 4. The van der Waals surface area contributed by atoms with Gasteiger partial charge in [-0.25, -0.2) is 0 Å². The molecule has 126 valence electrons. The number of fused-ring (bicyclic) bond motifs is 1. The van der Waals surface area contributed by atoms with Crippen molar-refractivity contribution in [2.45, 2.75) is 25.4 Å². The molecular weight excluding hydrogens is 312 g/mol. The van der Waals surface area contributed by atoms with E-state index in [0.29, 0.717) is 24.2 Å². The monoisotopic (exact) mass is 330 g/mol. The second kappa shape index (κ2) is 6.31. The molecule has 0 spiro atoms. The summed E-state index contributed by atoms with van der Waals surface area (Å²) in [5.41, 5.74) is 2.01. The maximum absolute atomic E-state index is 12.6. The number of amides is 4. The van der Waals surface area contributed by atoms with Crippen molar-refractivity contribution < 1.29 is 19.2 Å². The Morgan fingerprint density at radius 1 is 1.33 bits per heavy atom. The fraction of sp³-hybridized carbons (Fsp3) is 0.375. The summed E-state index contributed by atoms with van der Waals surface area (Å²) in [5, 5.41) is 7.73. The number of imide groups is 1. The second-order valence-corrected chi connectivity index (χ2v) is 5.80. The lowest BCUT2D eigenvalue weighted by molar-refractivity contribution is -0.137. The van der Waals surface area contributed by atoms with Gasteiger partial charge >= 0.3 is 0 Å². The van der Waals surface area contributed by atoms with Crippen molar-refractivity contribution in [3.8, 4) is 0 Å². The van der Waals surface area contributed by atoms with Crippen LogP contribution in [0, 0.1) is 0 Å². The van der Waals surface area contributed by atoms with Gasteiger partial charge < -0.3 is 15.5 Å². The molecule has 0 aromatic heterocycles. The number of anilines is 1. The van der Waals surface area contributed by atoms with Crippen LogP contribution >= 0.6 is 0 Å². The van der Waals surface area contributed by atoms with E-state index in [-0.39, 0.29) is 30.7 Å². The molecule has 4 amide bonds. The zero-order valence-electron chi connectivity index (χ0n) is 13.2. The highest BCUT2D eigenvalue weighted by Gasteiger charge is 2.39. The topological polar surface area (TPSA) is 108 Å². The summed E-state index contributed by atoms with van der Waals surface area (Å²) in [5.74, 6) is -1.12. The summed E-state index contributed by atoms with van der Waals surface area (Å²) >= 11 is 0. The molecule has 1 fully saturated rings. The van der Waals surface area contributed by atoms with Crippen molar-refractivity contribution in [1.82, 2.24) is 15.5 Å². The molecule has 0 aliphatic carbocycles. The van der Waals surface area contributed by atoms with Crippen LogP contribution in [0.4, 0.5) is 5.69 Å². The van der Waals surface area contributed by atoms with Gasteiger partial charge in [-0.2, -0.15) is 0 Å². The van der Waals surface area contributed by atoms with Crippen LogP contribution in [0.3, 0.4) is 0 Å². The van der Waals surface area contributed by atoms with Crippen molar-refractivity contribution in [3.05, 3.63) is 29.3 Å². The van der Waals surface area contributed by atoms with E-state index in [0.717, 1.165) is 5.56 Å². The molecule has 1 aromatic carbocycles. The molecule has 0 bridgehead atoms. The lowest BCUT2D eigenvalue weighted by atomic mass is 10.0. The highest BCUT2D eigenvalue weighted by Crippen LogP contribution is 2.29. The van der Waals surface area contributed by atoms with Gasteiger partial charge in [0.2, 0.25) is 17.7 Å². The number of hydrogen-bond acceptors (Lipinski definition) is 5. The van der Waals surface area contributed by atoms with Crippen molar-refractivity contribution in [1.29, 1.82) is 0 Å². The predicted molar refractivity (Wildman–Crippen MR) is 85.0 cm³/mol. The molecule has 0 saturated carbocycles. The zero-order chi connectivity index (χ0) is 17.3. The largest absolute Gasteiger partial charge is 0.376 e. The van der Waals surface area contributed by atoms with Gasteiger partial charge in [-0.3, -0.25) is 24.5 Å². The first-order valence-corrected chi connectivity index (χ1v) is 7.71. The van der Waals surface area contributed by atoms with Crippen LogP contribution < -0.4 is 16.0 Å². The molecule has 2 aliphatic rings. The number of hydrogen-bond donors (Lipinski definition) is 3. The molecule has 0 radical (unpaired) electrons. The molecular formula is C16H18N4O4. The van der Waals surface area contributed by atoms with Gasteiger partial charge in [-0.15, -0.1) is 0 Å². The standard InChI is InChI=1S/C16H18N4O4/c1-17-14(22)7-18-10-3-2-9-8-20(16(24)11(9)6-10)12-4-5-13(21)19-15(12)23/h2-3,6,12,18H,4-5,7-8H2,1H3,(H,17,22)(H,19,21,23). The minimum atomic E-state index is -0.620. The van der Waals surface area contributed by atoms with Gasteiger partial charge in [0.25, 0.3) is 5.91 Å². The highest BCUT2D eigenvalue weighted by atomic mass is 16.2. The second-order valence-electron chi connectivity index (χ2n) is 5.80. The van der Waals surface area contributed by atoms with E-state index in [1.54, 1.807) is 19.2 Å². The molecule has 1 atom stereocenters. The Labute approximate surface area is 138 Å². The van der Waals surface area contributed by atoms with Gasteiger partial charge in [0.1, 0.15) is 6.04 Å². The molecule has 1 aromatic rings. The Morgan fingerprint density at radius 2 is 2.12 bits per heavy atom. The van der Waals surface area contributed by atoms with E-state index in [1.807, 2.05) is 6.07 Å². The normalized spacial score (nSPS) is 19.8. The molecule has 24 heavy (non-hydrogen) atoms. The van der Waals surface area contributed by atoms with E-state index in [2.05, 4.69) is 16.0 Å². The maximum atomic E-state index is 12.6. The van der Waals surface area contributed by atoms with Crippen LogP contribution in [-0.4, -0.2) is 48.2 Å². The Morgan fingerprint density at radius 3 is 2.83 bits per heavy atom. The first kappa shape index (κ1) is 16.0. The maximum Gasteiger partial charge on any atom is 0.255 e. The van der Waals surface area contributed by atoms with Crippen molar-refractivity contribution in [2.75, 3.05) is 18.9 Å². The number of rotatable bonds is 4. The first-order chi connectivity index (χ1) is 11.5. The number of benzene rings is 1. The smallest absolute Gasteiger partial charge is 0.255 e. The molecule has 8 nitrogen and oxygen atoms in total. The minimum absolute atomic E-state index is 0.111. The number of piperidine rings is 1. The van der Waals surface area contributed by atoms with Crippen LogP contribution in [0.2, 0.25) is 0 Å². The molecule has 2 aliphatic heterocycles. The molecule has 3 rings (SSSR count). The van der Waals surface area contributed by atoms with Crippen LogP contribution in [0.1, 0.15) is 28.8 Å². The molecule has 8 heteroatoms. The molecule has 1 unspecified atom stereocenters. The summed E-state index contributed by atoms with van der Waals surface area (Å²) in [4.78, 5) is 48.6. The van der Waals surface area contributed by atoms with E-state index in [4.69, 9.17) is 0 Å². The van der Waals surface area contributed by atoms with Crippen molar-refractivity contribution >= 4 is 29.3 Å². The highest BCUT2D eigenvalue weighted by molar-refractivity contribution is 6.05. The third kappa shape index (κ3) is 2.94. The van der Waals surface area contributed by atoms with Crippen molar-refractivity contribution in [2.24, 2.45) is 0 Å². The lowest BCUT2D eigenvalue weighted by Crippen LogP contribution is -2.52. The Kier molecular flexibility index (Phi) is 4.20. The summed E-state index contributed by atoms with van der Waals surface area (Å²) in [6.07, 6.45) is 0.571. The molecule has 2 heterocycles. The Balaban J connectivity index is 1.74. The van der Waals surface area contributed by atoms with Crippen LogP contribution in [0.5, 0.6) is 0 Å². The number of carbonyl (C=O) groups is 4. The van der Waals surface area contributed by atoms with Gasteiger partial charge in [-0.1, -0.05) is 6.07 Å². The molecule has 1 saturated heterocycles. The Bertz CT molecular complexity index is 731. The minimum Gasteiger partial charge on any atom is -0.376 e. The van der Waals surface area contributed by atoms with Crippen LogP contribution in [0.25, 0.3) is 0 Å². The quantitative estimate of drug-likeness (QED) is 0.652. The number of likely N-dealkylation sites (N-methyl/N-ethyl adjacent to an activating group) is 1. The van der Waals surface area contributed by atoms with E-state index < -0.39 is 11.9 Å². The predicted octanol–water partition coefficient (Wildman–Crippen LogP) is -0.394. The number of nitrogens with zero attached hydrogens (tertiary/aromatic N) is 1. The third-order valence-corrected chi connectivity index (χ3v) is 4.26. The summed E-state index contributed by atoms with van der Waals surface area (Å²) in [7, 11) is 1.55. The average Bonchev–Trinajstić information content (AvgIpc) is 2.89. The van der Waals surface area contributed by atoms with Crippen molar-refractivity contribution in [3.63, 3.8) is 0 Å². The van der Waals surface area contributed by atoms with Gasteiger partial charge in [-0.05, 0) is 24.1 Å². The average molecular weight is 330 g/mol. The first-order valence-electron chi connectivity index (χ1n) is 7.71. The summed E-state index contributed by atoms with van der Waals surface area (Å²) < 4.78 is 0. The fourth-order valence-corrected chi connectivity index (χ4v) is 2.94. The van der Waals surface area contributed by atoms with Gasteiger partial charge in [0.15, 0.2) is 0 Å². The van der Waals surface area contributed by atoms with Crippen LogP contribution in [-0.2, 0) is 20.9 Å². The number of nitrogens with one attached hydrogen (secondary N) is 3. The zero-order valence-corrected chi connectivity index (χ0v) is 13.2. The third-order valence-electron chi connectivity index (χ3n) is 4.26. The fourth-order valence-electron chi connectivity index (χ4n) is 2.94. The summed E-state index contributed by atoms with van der Waals surface area (Å²) in [6, 6.07) is 4.67.